The number of aliphatic carboxylic acids is 1. The highest BCUT2D eigenvalue weighted by Crippen LogP contribution is 2.48. The maximum absolute atomic E-state index is 11.7. The molecule has 12 heteroatoms. The fourth-order valence-electron chi connectivity index (χ4n) is 3.65. The third-order valence-electron chi connectivity index (χ3n) is 4.78. The number of imidazole rings is 1. The zero-order chi connectivity index (χ0) is 22.5. The third kappa shape index (κ3) is 4.33. The van der Waals surface area contributed by atoms with E-state index < -0.39 is 22.0 Å². The Morgan fingerprint density at radius 2 is 2.10 bits per heavy atom. The minimum Gasteiger partial charge on any atom is -0.478 e. The first-order valence-corrected chi connectivity index (χ1v) is 12.7. The number of fused-ring (bicyclic) bond motifs is 2. The largest absolute Gasteiger partial charge is 0.478 e. The molecule has 0 fully saturated rings. The number of hydrogen-bond donors (Lipinski definition) is 2. The Balaban J connectivity index is 1.93. The molecular weight excluding hydrogens is 557 g/mol. The van der Waals surface area contributed by atoms with Crippen molar-refractivity contribution >= 4 is 73.2 Å². The lowest BCUT2D eigenvalue weighted by atomic mass is 10.3. The molecule has 0 spiro atoms. The molecule has 1 aliphatic heterocycles. The number of carboxylic acid groups (broad SMARTS) is 1. The molecular formula is C19H19IN3O6S2+. The molecule has 0 saturated carbocycles. The Hall–Kier alpha value is -2.03. The molecule has 0 aliphatic carbocycles. The van der Waals surface area contributed by atoms with Crippen LogP contribution in [0.15, 0.2) is 38.8 Å². The molecule has 0 unspecified atom stereocenters. The van der Waals surface area contributed by atoms with E-state index in [4.69, 9.17) is 4.42 Å². The number of anilines is 1. The number of carbonyl (C=O) groups is 1. The highest BCUT2D eigenvalue weighted by atomic mass is 127. The predicted octanol–water partition coefficient (Wildman–Crippen LogP) is 3.30. The van der Waals surface area contributed by atoms with Gasteiger partial charge in [0.2, 0.25) is 0 Å². The Kier molecular flexibility index (Phi) is 5.83. The van der Waals surface area contributed by atoms with Crippen LogP contribution in [-0.2, 0) is 28.0 Å². The zero-order valence-electron chi connectivity index (χ0n) is 16.6. The van der Waals surface area contributed by atoms with E-state index in [9.17, 15) is 22.9 Å². The van der Waals surface area contributed by atoms with E-state index >= 15 is 0 Å². The van der Waals surface area contributed by atoms with E-state index in [0.29, 0.717) is 33.9 Å². The van der Waals surface area contributed by atoms with E-state index in [2.05, 4.69) is 22.6 Å². The Morgan fingerprint density at radius 3 is 2.74 bits per heavy atom. The summed E-state index contributed by atoms with van der Waals surface area (Å²) in [6.45, 7) is 4.03. The average Bonchev–Trinajstić information content (AvgIpc) is 3.25. The fraction of sp³-hybridized carbons (Fsp3) is 0.263. The van der Waals surface area contributed by atoms with Crippen LogP contribution in [0.1, 0.15) is 18.5 Å². The molecule has 0 bridgehead atoms. The van der Waals surface area contributed by atoms with Crippen molar-refractivity contribution in [2.45, 2.75) is 32.0 Å². The number of furan rings is 1. The molecule has 4 rings (SSSR count). The van der Waals surface area contributed by atoms with Gasteiger partial charge in [-0.2, -0.15) is 8.42 Å². The lowest BCUT2D eigenvalue weighted by Crippen LogP contribution is -2.36. The Bertz CT molecular complexity index is 1340. The van der Waals surface area contributed by atoms with Gasteiger partial charge in [-0.05, 0) is 60.3 Å². The molecule has 9 nitrogen and oxygen atoms in total. The van der Waals surface area contributed by atoms with Crippen LogP contribution in [0.5, 0.6) is 0 Å². The molecule has 164 valence electrons. The van der Waals surface area contributed by atoms with Gasteiger partial charge >= 0.3 is 5.97 Å². The average molecular weight is 576 g/mol. The first-order chi connectivity index (χ1) is 14.6. The summed E-state index contributed by atoms with van der Waals surface area (Å²) in [5.74, 6) is -0.405. The number of thioether (sulfide) groups is 1. The number of halogens is 1. The standard InChI is InChI=1S/C19H18IN3O6S2/c1-3-21-13-5-4-12(20)7-14(13)22(9-18(24)25)16(21)8-17-23(10-31(26,27)28)15-6-11(2)29-19(15)30-17/h4-8H,3,9-10H2,1-2H3,(H-,24,25,26,27,28)/p+1. The predicted molar refractivity (Wildman–Crippen MR) is 124 cm³/mol. The number of carboxylic acids is 1. The Morgan fingerprint density at radius 1 is 1.35 bits per heavy atom. The fourth-order valence-corrected chi connectivity index (χ4v) is 5.88. The van der Waals surface area contributed by atoms with Crippen LogP contribution in [-0.4, -0.2) is 34.5 Å². The molecule has 0 radical (unpaired) electrons. The summed E-state index contributed by atoms with van der Waals surface area (Å²) in [6.07, 6.45) is 1.74. The Labute approximate surface area is 196 Å². The smallest absolute Gasteiger partial charge is 0.346 e. The van der Waals surface area contributed by atoms with Crippen molar-refractivity contribution in [1.29, 1.82) is 0 Å². The van der Waals surface area contributed by atoms with Gasteiger partial charge in [0.1, 0.15) is 5.76 Å². The van der Waals surface area contributed by atoms with Crippen molar-refractivity contribution in [3.05, 3.63) is 44.4 Å². The van der Waals surface area contributed by atoms with Crippen molar-refractivity contribution in [2.75, 3.05) is 10.8 Å². The van der Waals surface area contributed by atoms with Crippen LogP contribution < -0.4 is 9.47 Å². The lowest BCUT2D eigenvalue weighted by Gasteiger charge is -2.16. The molecule has 2 aromatic heterocycles. The highest BCUT2D eigenvalue weighted by Gasteiger charge is 2.34. The van der Waals surface area contributed by atoms with Crippen molar-refractivity contribution in [3.63, 3.8) is 0 Å². The topological polar surface area (TPSA) is 117 Å². The van der Waals surface area contributed by atoms with Gasteiger partial charge in [-0.15, -0.1) is 0 Å². The van der Waals surface area contributed by atoms with Gasteiger partial charge in [-0.25, -0.2) is 13.9 Å². The van der Waals surface area contributed by atoms with Crippen LogP contribution in [0, 0.1) is 10.5 Å². The van der Waals surface area contributed by atoms with Gasteiger partial charge in [0.25, 0.3) is 15.9 Å². The number of aryl methyl sites for hydroxylation is 2. The summed E-state index contributed by atoms with van der Waals surface area (Å²) in [5.41, 5.74) is 2.18. The second-order valence-electron chi connectivity index (χ2n) is 6.97. The first kappa shape index (κ1) is 22.2. The molecule has 31 heavy (non-hydrogen) atoms. The van der Waals surface area contributed by atoms with E-state index in [-0.39, 0.29) is 6.54 Å². The minimum atomic E-state index is -4.32. The zero-order valence-corrected chi connectivity index (χ0v) is 20.4. The van der Waals surface area contributed by atoms with Crippen molar-refractivity contribution in [2.24, 2.45) is 0 Å². The second-order valence-corrected chi connectivity index (χ2v) is 10.6. The quantitative estimate of drug-likeness (QED) is 0.261. The number of nitrogens with zero attached hydrogens (tertiary/aromatic N) is 3. The van der Waals surface area contributed by atoms with Crippen LogP contribution in [0.3, 0.4) is 0 Å². The summed E-state index contributed by atoms with van der Waals surface area (Å²) < 4.78 is 43.1. The first-order valence-electron chi connectivity index (χ1n) is 9.23. The molecule has 3 heterocycles. The maximum atomic E-state index is 11.7. The van der Waals surface area contributed by atoms with Gasteiger partial charge in [0.15, 0.2) is 28.5 Å². The van der Waals surface area contributed by atoms with Crippen LogP contribution in [0.25, 0.3) is 17.1 Å². The summed E-state index contributed by atoms with van der Waals surface area (Å²) in [4.78, 5) is 13.1. The van der Waals surface area contributed by atoms with Crippen LogP contribution >= 0.6 is 34.4 Å². The molecule has 3 aromatic rings. The van der Waals surface area contributed by atoms with E-state index in [1.54, 1.807) is 23.6 Å². The number of hydrogen-bond acceptors (Lipinski definition) is 6. The third-order valence-corrected chi connectivity index (χ3v) is 7.06. The van der Waals surface area contributed by atoms with E-state index in [1.807, 2.05) is 29.7 Å². The van der Waals surface area contributed by atoms with Gasteiger partial charge in [-0.1, -0.05) is 0 Å². The number of rotatable bonds is 6. The van der Waals surface area contributed by atoms with Crippen molar-refractivity contribution < 1.29 is 31.9 Å². The van der Waals surface area contributed by atoms with Crippen molar-refractivity contribution in [1.82, 2.24) is 4.57 Å². The second kappa shape index (κ2) is 8.15. The van der Waals surface area contributed by atoms with Crippen molar-refractivity contribution in [3.8, 4) is 0 Å². The van der Waals surface area contributed by atoms with Gasteiger partial charge in [0, 0.05) is 15.7 Å². The maximum Gasteiger partial charge on any atom is 0.346 e. The summed E-state index contributed by atoms with van der Waals surface area (Å²) in [6, 6.07) is 7.51. The number of aromatic nitrogens is 2. The van der Waals surface area contributed by atoms with E-state index in [1.165, 1.54) is 16.7 Å². The van der Waals surface area contributed by atoms with Crippen LogP contribution in [0.4, 0.5) is 5.69 Å². The SMILES string of the molecule is CC[n+]1c(C=C2Sc3oc(C)cc3N2CS(=O)(=O)O)n(CC(=O)O)c2cc(I)ccc21. The monoisotopic (exact) mass is 576 g/mol. The lowest BCUT2D eigenvalue weighted by molar-refractivity contribution is -0.670. The highest BCUT2D eigenvalue weighted by molar-refractivity contribution is 14.1. The molecule has 1 aromatic carbocycles. The number of benzene rings is 1. The van der Waals surface area contributed by atoms with Gasteiger partial charge in [0.05, 0.1) is 23.3 Å². The van der Waals surface area contributed by atoms with Crippen LogP contribution in [0.2, 0.25) is 0 Å². The minimum absolute atomic E-state index is 0.256. The van der Waals surface area contributed by atoms with Gasteiger partial charge < -0.3 is 14.4 Å². The summed E-state index contributed by atoms with van der Waals surface area (Å²) in [5, 5.41) is 10.5. The molecule has 0 atom stereocenters. The molecule has 1 aliphatic rings. The summed E-state index contributed by atoms with van der Waals surface area (Å²) in [7, 11) is -4.32. The molecule has 2 N–H and O–H groups in total. The summed E-state index contributed by atoms with van der Waals surface area (Å²) >= 11 is 3.41. The molecule has 0 amide bonds. The normalized spacial score (nSPS) is 15.2. The molecule has 0 saturated heterocycles. The van der Waals surface area contributed by atoms with Gasteiger partial charge in [-0.3, -0.25) is 4.55 Å². The van der Waals surface area contributed by atoms with E-state index in [0.717, 1.165) is 14.6 Å².